The summed E-state index contributed by atoms with van der Waals surface area (Å²) in [5, 5.41) is 0. The average Bonchev–Trinajstić information content (AvgIpc) is 2.74. The van der Waals surface area contributed by atoms with Crippen LogP contribution in [-0.2, 0) is 0 Å². The predicted octanol–water partition coefficient (Wildman–Crippen LogP) is 5.52. The molecule has 2 aromatic carbocycles. The molecule has 0 radical (unpaired) electrons. The number of nitrogens with one attached hydrogen (secondary N) is 1. The number of fused-ring (bicyclic) bond motifs is 1. The fourth-order valence-electron chi connectivity index (χ4n) is 1.79. The lowest BCUT2D eigenvalue weighted by molar-refractivity contribution is 1.33. The number of hydrogen-bond donors (Lipinski definition) is 1. The molecule has 3 aromatic rings. The molecule has 90 valence electrons. The van der Waals surface area contributed by atoms with Crippen LogP contribution in [-0.4, -0.2) is 9.97 Å². The van der Waals surface area contributed by atoms with Crippen molar-refractivity contribution in [1.82, 2.24) is 9.97 Å². The van der Waals surface area contributed by atoms with Crippen LogP contribution in [0.5, 0.6) is 0 Å². The van der Waals surface area contributed by atoms with Crippen molar-refractivity contribution in [3.8, 4) is 11.4 Å². The highest BCUT2D eigenvalue weighted by Gasteiger charge is 2.08. The molecule has 0 aliphatic heterocycles. The molecule has 3 rings (SSSR count). The smallest absolute Gasteiger partial charge is 0.138 e. The zero-order chi connectivity index (χ0) is 12.7. The third kappa shape index (κ3) is 2.27. The van der Waals surface area contributed by atoms with E-state index < -0.39 is 0 Å². The van der Waals surface area contributed by atoms with Crippen molar-refractivity contribution < 1.29 is 0 Å². The van der Waals surface area contributed by atoms with Gasteiger partial charge in [-0.05, 0) is 40.2 Å². The lowest BCUT2D eigenvalue weighted by Crippen LogP contribution is -1.79. The molecule has 0 bridgehead atoms. The fourth-order valence-corrected chi connectivity index (χ4v) is 3.36. The molecule has 0 spiro atoms. The number of H-pyrrole nitrogens is 1. The summed E-state index contributed by atoms with van der Waals surface area (Å²) in [6.07, 6.45) is 0. The Morgan fingerprint density at radius 2 is 1.61 bits per heavy atom. The topological polar surface area (TPSA) is 28.7 Å². The Kier molecular flexibility index (Phi) is 3.30. The Balaban J connectivity index is 2.19. The Morgan fingerprint density at radius 1 is 0.889 bits per heavy atom. The van der Waals surface area contributed by atoms with Crippen LogP contribution in [0.25, 0.3) is 22.4 Å². The Hall–Kier alpha value is -0.650. The summed E-state index contributed by atoms with van der Waals surface area (Å²) in [5.74, 6) is 0.872. The maximum absolute atomic E-state index is 4.61. The summed E-state index contributed by atoms with van der Waals surface area (Å²) in [7, 11) is 0. The number of aromatic amines is 1. The van der Waals surface area contributed by atoms with Crippen molar-refractivity contribution in [2.45, 2.75) is 0 Å². The number of nitrogens with zero attached hydrogens (tertiary/aromatic N) is 1. The van der Waals surface area contributed by atoms with E-state index in [1.807, 2.05) is 36.4 Å². The number of aromatic nitrogens is 2. The van der Waals surface area contributed by atoms with Crippen molar-refractivity contribution in [3.05, 3.63) is 49.8 Å². The van der Waals surface area contributed by atoms with Crippen LogP contribution in [0.3, 0.4) is 0 Å². The van der Waals surface area contributed by atoms with Crippen LogP contribution >= 0.6 is 47.8 Å². The molecule has 0 fully saturated rings. The van der Waals surface area contributed by atoms with Crippen LogP contribution in [0.1, 0.15) is 0 Å². The molecule has 2 nitrogen and oxygen atoms in total. The maximum atomic E-state index is 4.61. The van der Waals surface area contributed by atoms with Crippen LogP contribution < -0.4 is 0 Å². The lowest BCUT2D eigenvalue weighted by Gasteiger charge is -1.95. The molecular formula is C13H7Br3N2. The second-order valence-electron chi connectivity index (χ2n) is 3.88. The summed E-state index contributed by atoms with van der Waals surface area (Å²) in [6, 6.07) is 12.1. The van der Waals surface area contributed by atoms with Crippen LogP contribution in [0.4, 0.5) is 0 Å². The van der Waals surface area contributed by atoms with Crippen molar-refractivity contribution >= 4 is 58.8 Å². The molecule has 1 heterocycles. The average molecular weight is 431 g/mol. The first kappa shape index (κ1) is 12.4. The summed E-state index contributed by atoms with van der Waals surface area (Å²) in [4.78, 5) is 7.94. The van der Waals surface area contributed by atoms with Crippen molar-refractivity contribution in [2.24, 2.45) is 0 Å². The van der Waals surface area contributed by atoms with Gasteiger partial charge in [0.25, 0.3) is 0 Å². The molecule has 0 aliphatic carbocycles. The van der Waals surface area contributed by atoms with E-state index in [-0.39, 0.29) is 0 Å². The quantitative estimate of drug-likeness (QED) is 0.541. The molecule has 0 unspecified atom stereocenters. The molecule has 0 aliphatic rings. The minimum Gasteiger partial charge on any atom is -0.338 e. The standard InChI is InChI=1S/C13H7Br3N2/c14-8-3-1-7(2-4-8)13-17-11-6-9(15)5-10(16)12(11)18-13/h1-6H,(H,17,18). The van der Waals surface area contributed by atoms with Crippen LogP contribution in [0.2, 0.25) is 0 Å². The van der Waals surface area contributed by atoms with E-state index in [2.05, 4.69) is 57.8 Å². The number of imidazole rings is 1. The van der Waals surface area contributed by atoms with Gasteiger partial charge in [-0.25, -0.2) is 4.98 Å². The maximum Gasteiger partial charge on any atom is 0.138 e. The van der Waals surface area contributed by atoms with Gasteiger partial charge in [0.1, 0.15) is 11.3 Å². The van der Waals surface area contributed by atoms with Gasteiger partial charge in [0.15, 0.2) is 0 Å². The molecule has 0 saturated heterocycles. The van der Waals surface area contributed by atoms with Crippen LogP contribution in [0, 0.1) is 0 Å². The Labute approximate surface area is 129 Å². The zero-order valence-electron chi connectivity index (χ0n) is 9.05. The molecule has 1 aromatic heterocycles. The van der Waals surface area contributed by atoms with Gasteiger partial charge in [0, 0.05) is 19.0 Å². The van der Waals surface area contributed by atoms with E-state index in [0.717, 1.165) is 35.8 Å². The normalized spacial score (nSPS) is 11.1. The van der Waals surface area contributed by atoms with Gasteiger partial charge in [-0.3, -0.25) is 0 Å². The minimum atomic E-state index is 0.872. The first-order chi connectivity index (χ1) is 8.63. The molecule has 0 saturated carbocycles. The molecular weight excluding hydrogens is 424 g/mol. The number of halogens is 3. The third-order valence-electron chi connectivity index (χ3n) is 2.62. The molecule has 0 amide bonds. The fraction of sp³-hybridized carbons (Fsp3) is 0. The van der Waals surface area contributed by atoms with E-state index in [1.54, 1.807) is 0 Å². The van der Waals surface area contributed by atoms with Gasteiger partial charge >= 0.3 is 0 Å². The second kappa shape index (κ2) is 4.79. The number of rotatable bonds is 1. The van der Waals surface area contributed by atoms with Crippen molar-refractivity contribution in [2.75, 3.05) is 0 Å². The Bertz CT molecular complexity index is 717. The van der Waals surface area contributed by atoms with E-state index in [4.69, 9.17) is 0 Å². The first-order valence-corrected chi connectivity index (χ1v) is 7.62. The van der Waals surface area contributed by atoms with Crippen molar-refractivity contribution in [1.29, 1.82) is 0 Å². The lowest BCUT2D eigenvalue weighted by atomic mass is 10.2. The van der Waals surface area contributed by atoms with Gasteiger partial charge in [-0.2, -0.15) is 0 Å². The Morgan fingerprint density at radius 3 is 2.33 bits per heavy atom. The van der Waals surface area contributed by atoms with Gasteiger partial charge < -0.3 is 4.98 Å². The molecule has 1 N–H and O–H groups in total. The van der Waals surface area contributed by atoms with Gasteiger partial charge in [0.2, 0.25) is 0 Å². The summed E-state index contributed by atoms with van der Waals surface area (Å²) in [5.41, 5.74) is 3.02. The van der Waals surface area contributed by atoms with Crippen molar-refractivity contribution in [3.63, 3.8) is 0 Å². The zero-order valence-corrected chi connectivity index (χ0v) is 13.8. The van der Waals surface area contributed by atoms with Gasteiger partial charge in [-0.1, -0.05) is 44.0 Å². The summed E-state index contributed by atoms with van der Waals surface area (Å²) < 4.78 is 3.06. The number of hydrogen-bond acceptors (Lipinski definition) is 1. The second-order valence-corrected chi connectivity index (χ2v) is 6.56. The molecule has 18 heavy (non-hydrogen) atoms. The number of benzene rings is 2. The highest BCUT2D eigenvalue weighted by Crippen LogP contribution is 2.29. The van der Waals surface area contributed by atoms with E-state index >= 15 is 0 Å². The monoisotopic (exact) mass is 428 g/mol. The predicted molar refractivity (Wildman–Crippen MR) is 84.6 cm³/mol. The van der Waals surface area contributed by atoms with Gasteiger partial charge in [-0.15, -0.1) is 0 Å². The minimum absolute atomic E-state index is 0.872. The van der Waals surface area contributed by atoms with Gasteiger partial charge in [0.05, 0.1) is 5.52 Å². The molecule has 0 atom stereocenters. The largest absolute Gasteiger partial charge is 0.338 e. The SMILES string of the molecule is Brc1ccc(-c2nc3c(Br)cc(Br)cc3[nH]2)cc1. The molecule has 5 heteroatoms. The van der Waals surface area contributed by atoms with E-state index in [0.29, 0.717) is 0 Å². The summed E-state index contributed by atoms with van der Waals surface area (Å²) >= 11 is 10.4. The van der Waals surface area contributed by atoms with E-state index in [1.165, 1.54) is 0 Å². The summed E-state index contributed by atoms with van der Waals surface area (Å²) in [6.45, 7) is 0. The van der Waals surface area contributed by atoms with E-state index in [9.17, 15) is 0 Å². The first-order valence-electron chi connectivity index (χ1n) is 5.24. The third-order valence-corrected chi connectivity index (χ3v) is 4.21. The van der Waals surface area contributed by atoms with Crippen LogP contribution in [0.15, 0.2) is 49.8 Å². The highest BCUT2D eigenvalue weighted by atomic mass is 79.9. The highest BCUT2D eigenvalue weighted by molar-refractivity contribution is 9.11.